The molecule has 0 saturated carbocycles. The summed E-state index contributed by atoms with van der Waals surface area (Å²) in [5.41, 5.74) is 5.89. The SMILES string of the molecule is CCCCc1ccc(CN(Cc2ccccc2)S(C)(=O)=O)c(=O)n1Cc1ccc(-c2ccccc2-c2nn[nH]n2)cc1. The maximum absolute atomic E-state index is 13.9. The third-order valence-electron chi connectivity index (χ3n) is 7.27. The zero-order chi connectivity index (χ0) is 29.5. The number of sulfonamides is 1. The minimum atomic E-state index is -3.55. The molecule has 0 amide bonds. The number of aromatic amines is 1. The highest BCUT2D eigenvalue weighted by atomic mass is 32.2. The van der Waals surface area contributed by atoms with Gasteiger partial charge in [-0.05, 0) is 46.4 Å². The number of unbranched alkanes of at least 4 members (excludes halogenated alkanes) is 1. The van der Waals surface area contributed by atoms with Crippen molar-refractivity contribution in [3.05, 3.63) is 124 Å². The van der Waals surface area contributed by atoms with Crippen LogP contribution in [0.15, 0.2) is 95.8 Å². The normalized spacial score (nSPS) is 11.7. The average molecular weight is 583 g/mol. The number of hydrogen-bond donors (Lipinski definition) is 1. The van der Waals surface area contributed by atoms with Gasteiger partial charge in [0, 0.05) is 29.9 Å². The van der Waals surface area contributed by atoms with Crippen LogP contribution in [-0.4, -0.2) is 44.2 Å². The topological polar surface area (TPSA) is 114 Å². The molecule has 1 N–H and O–H groups in total. The van der Waals surface area contributed by atoms with Gasteiger partial charge in [-0.3, -0.25) is 4.79 Å². The quantitative estimate of drug-likeness (QED) is 0.220. The zero-order valence-corrected chi connectivity index (χ0v) is 24.6. The highest BCUT2D eigenvalue weighted by molar-refractivity contribution is 7.88. The van der Waals surface area contributed by atoms with Crippen molar-refractivity contribution in [3.63, 3.8) is 0 Å². The summed E-state index contributed by atoms with van der Waals surface area (Å²) in [6.45, 7) is 2.71. The Morgan fingerprint density at radius 2 is 1.55 bits per heavy atom. The second-order valence-electron chi connectivity index (χ2n) is 10.3. The van der Waals surface area contributed by atoms with E-state index < -0.39 is 10.0 Å². The van der Waals surface area contributed by atoms with Gasteiger partial charge in [-0.2, -0.15) is 9.52 Å². The summed E-state index contributed by atoms with van der Waals surface area (Å²) in [4.78, 5) is 13.9. The van der Waals surface area contributed by atoms with Gasteiger partial charge in [0.05, 0.1) is 12.8 Å². The number of pyridine rings is 1. The molecule has 3 aromatic carbocycles. The predicted molar refractivity (Wildman–Crippen MR) is 164 cm³/mol. The first-order valence-electron chi connectivity index (χ1n) is 14.0. The van der Waals surface area contributed by atoms with Crippen molar-refractivity contribution in [2.75, 3.05) is 6.26 Å². The monoisotopic (exact) mass is 582 g/mol. The second-order valence-corrected chi connectivity index (χ2v) is 12.3. The lowest BCUT2D eigenvalue weighted by Crippen LogP contribution is -2.34. The largest absolute Gasteiger partial charge is 0.308 e. The Kier molecular flexibility index (Phi) is 9.04. The molecule has 0 unspecified atom stereocenters. The van der Waals surface area contributed by atoms with Crippen molar-refractivity contribution in [1.82, 2.24) is 29.5 Å². The molecule has 10 heteroatoms. The van der Waals surface area contributed by atoms with Gasteiger partial charge in [-0.1, -0.05) is 98.3 Å². The Bertz CT molecular complexity index is 1780. The summed E-state index contributed by atoms with van der Waals surface area (Å²) in [5, 5.41) is 14.5. The lowest BCUT2D eigenvalue weighted by Gasteiger charge is -2.21. The molecule has 5 rings (SSSR count). The Hall–Kier alpha value is -4.41. The van der Waals surface area contributed by atoms with Crippen LogP contribution in [0.2, 0.25) is 0 Å². The number of benzene rings is 3. The minimum absolute atomic E-state index is 0.00637. The lowest BCUT2D eigenvalue weighted by atomic mass is 9.98. The molecule has 0 aliphatic rings. The molecule has 42 heavy (non-hydrogen) atoms. The first-order valence-corrected chi connectivity index (χ1v) is 15.8. The Morgan fingerprint density at radius 1 is 0.833 bits per heavy atom. The number of aromatic nitrogens is 5. The minimum Gasteiger partial charge on any atom is -0.308 e. The fourth-order valence-electron chi connectivity index (χ4n) is 4.98. The number of nitrogens with zero attached hydrogens (tertiary/aromatic N) is 5. The Morgan fingerprint density at radius 3 is 2.21 bits per heavy atom. The molecule has 0 spiro atoms. The van der Waals surface area contributed by atoms with E-state index in [4.69, 9.17) is 0 Å². The summed E-state index contributed by atoms with van der Waals surface area (Å²) >= 11 is 0. The fourth-order valence-corrected chi connectivity index (χ4v) is 5.73. The maximum atomic E-state index is 13.9. The number of aryl methyl sites for hydroxylation is 1. The van der Waals surface area contributed by atoms with Crippen LogP contribution in [0.25, 0.3) is 22.5 Å². The van der Waals surface area contributed by atoms with Gasteiger partial charge in [-0.15, -0.1) is 10.2 Å². The number of nitrogens with one attached hydrogen (secondary N) is 1. The number of hydrogen-bond acceptors (Lipinski definition) is 6. The molecule has 0 saturated heterocycles. The molecule has 0 aliphatic carbocycles. The average Bonchev–Trinajstić information content (AvgIpc) is 3.54. The van der Waals surface area contributed by atoms with Crippen LogP contribution in [0.5, 0.6) is 0 Å². The molecule has 2 aromatic heterocycles. The van der Waals surface area contributed by atoms with E-state index >= 15 is 0 Å². The van der Waals surface area contributed by atoms with Crippen LogP contribution in [-0.2, 0) is 36.1 Å². The Labute approximate surface area is 245 Å². The molecular weight excluding hydrogens is 548 g/mol. The molecular formula is C32H34N6O3S. The molecule has 5 aromatic rings. The van der Waals surface area contributed by atoms with E-state index in [1.54, 1.807) is 10.6 Å². The molecule has 0 aliphatic heterocycles. The van der Waals surface area contributed by atoms with Crippen molar-refractivity contribution < 1.29 is 8.42 Å². The van der Waals surface area contributed by atoms with Crippen LogP contribution in [0.4, 0.5) is 0 Å². The zero-order valence-electron chi connectivity index (χ0n) is 23.8. The lowest BCUT2D eigenvalue weighted by molar-refractivity contribution is 0.402. The van der Waals surface area contributed by atoms with Gasteiger partial charge in [-0.25, -0.2) is 8.42 Å². The van der Waals surface area contributed by atoms with E-state index in [0.29, 0.717) is 17.9 Å². The first-order chi connectivity index (χ1) is 20.3. The molecule has 0 bridgehead atoms. The number of H-pyrrole nitrogens is 1. The first kappa shape index (κ1) is 29.1. The van der Waals surface area contributed by atoms with E-state index in [1.165, 1.54) is 10.6 Å². The number of rotatable bonds is 12. The highest BCUT2D eigenvalue weighted by Gasteiger charge is 2.20. The van der Waals surface area contributed by atoms with E-state index in [0.717, 1.165) is 52.8 Å². The summed E-state index contributed by atoms with van der Waals surface area (Å²) in [6.07, 6.45) is 3.90. The van der Waals surface area contributed by atoms with Crippen molar-refractivity contribution in [1.29, 1.82) is 0 Å². The second kappa shape index (κ2) is 13.1. The van der Waals surface area contributed by atoms with Crippen LogP contribution in [0, 0.1) is 0 Å². The smallest absolute Gasteiger partial charge is 0.255 e. The molecule has 0 atom stereocenters. The molecule has 9 nitrogen and oxygen atoms in total. The number of tetrazole rings is 1. The van der Waals surface area contributed by atoms with Crippen LogP contribution < -0.4 is 5.56 Å². The summed E-state index contributed by atoms with van der Waals surface area (Å²) in [5.74, 6) is 0.522. The fraction of sp³-hybridized carbons (Fsp3) is 0.250. The van der Waals surface area contributed by atoms with Crippen molar-refractivity contribution in [2.45, 2.75) is 45.8 Å². The summed E-state index contributed by atoms with van der Waals surface area (Å²) in [7, 11) is -3.55. The van der Waals surface area contributed by atoms with Gasteiger partial charge in [0.15, 0.2) is 0 Å². The van der Waals surface area contributed by atoms with Gasteiger partial charge < -0.3 is 4.57 Å². The standard InChI is InChI=1S/C32H34N6O3S/c1-3-4-12-28-20-19-27(23-37(42(2,40)41)21-24-10-6-5-7-11-24)32(39)38(28)22-25-15-17-26(18-16-25)29-13-8-9-14-30(29)31-33-35-36-34-31/h5-11,13-20H,3-4,12,21-23H2,1-2H3,(H,33,34,35,36). The third kappa shape index (κ3) is 6.89. The van der Waals surface area contributed by atoms with Crippen LogP contribution in [0.3, 0.4) is 0 Å². The van der Waals surface area contributed by atoms with E-state index in [9.17, 15) is 13.2 Å². The van der Waals surface area contributed by atoms with Gasteiger partial charge in [0.25, 0.3) is 5.56 Å². The van der Waals surface area contributed by atoms with E-state index in [1.807, 2.05) is 84.9 Å². The van der Waals surface area contributed by atoms with Gasteiger partial charge in [0.2, 0.25) is 15.8 Å². The Balaban J connectivity index is 1.44. The van der Waals surface area contributed by atoms with E-state index in [2.05, 4.69) is 27.5 Å². The molecule has 0 radical (unpaired) electrons. The van der Waals surface area contributed by atoms with Crippen molar-refractivity contribution in [2.24, 2.45) is 0 Å². The van der Waals surface area contributed by atoms with Gasteiger partial charge in [0.1, 0.15) is 0 Å². The predicted octanol–water partition coefficient (Wildman–Crippen LogP) is 5.05. The van der Waals surface area contributed by atoms with Crippen LogP contribution in [0.1, 0.15) is 42.1 Å². The van der Waals surface area contributed by atoms with Crippen LogP contribution >= 0.6 is 0 Å². The van der Waals surface area contributed by atoms with Crippen molar-refractivity contribution >= 4 is 10.0 Å². The van der Waals surface area contributed by atoms with Gasteiger partial charge >= 0.3 is 0 Å². The highest BCUT2D eigenvalue weighted by Crippen LogP contribution is 2.30. The maximum Gasteiger partial charge on any atom is 0.255 e. The third-order valence-corrected chi connectivity index (χ3v) is 8.46. The summed E-state index contributed by atoms with van der Waals surface area (Å²) in [6, 6.07) is 29.1. The van der Waals surface area contributed by atoms with E-state index in [-0.39, 0.29) is 18.6 Å². The van der Waals surface area contributed by atoms with Crippen molar-refractivity contribution in [3.8, 4) is 22.5 Å². The molecule has 0 fully saturated rings. The molecule has 216 valence electrons. The molecule has 2 heterocycles. The summed E-state index contributed by atoms with van der Waals surface area (Å²) < 4.78 is 28.5.